The minimum atomic E-state index is -0.902. The Morgan fingerprint density at radius 2 is 1.77 bits per heavy atom. The first kappa shape index (κ1) is 20.9. The van der Waals surface area contributed by atoms with Crippen molar-refractivity contribution in [2.75, 3.05) is 11.9 Å². The van der Waals surface area contributed by atoms with Crippen molar-refractivity contribution >= 4 is 28.5 Å². The number of nitrogens with zero attached hydrogens (tertiary/aromatic N) is 1. The number of rotatable bonds is 4. The Bertz CT molecular complexity index is 1150. The summed E-state index contributed by atoms with van der Waals surface area (Å²) in [6.07, 6.45) is 5.71. The number of esters is 1. The zero-order valence-electron chi connectivity index (χ0n) is 16.9. The zero-order valence-corrected chi connectivity index (χ0v) is 16.9. The molecule has 0 bridgehead atoms. The number of ether oxygens (including phenoxy) is 1. The second-order valence-corrected chi connectivity index (χ2v) is 7.59. The van der Waals surface area contributed by atoms with Gasteiger partial charge < -0.3 is 10.1 Å². The highest BCUT2D eigenvalue weighted by Crippen LogP contribution is 2.29. The van der Waals surface area contributed by atoms with Gasteiger partial charge in [0.1, 0.15) is 11.6 Å². The average molecular weight is 424 g/mol. The quantitative estimate of drug-likeness (QED) is 0.601. The van der Waals surface area contributed by atoms with Gasteiger partial charge in [-0.3, -0.25) is 9.78 Å². The number of hydrogen-bond acceptors (Lipinski definition) is 4. The second-order valence-electron chi connectivity index (χ2n) is 7.59. The number of para-hydroxylation sites is 1. The Morgan fingerprint density at radius 1 is 1.00 bits per heavy atom. The van der Waals surface area contributed by atoms with Crippen LogP contribution in [0, 0.1) is 11.6 Å². The van der Waals surface area contributed by atoms with Crippen LogP contribution in [0.5, 0.6) is 0 Å². The Balaban J connectivity index is 1.57. The molecule has 1 aromatic heterocycles. The fraction of sp³-hybridized carbons (Fsp3) is 0.292. The summed E-state index contributed by atoms with van der Waals surface area (Å²) in [5, 5.41) is 2.98. The number of aromatic nitrogens is 1. The van der Waals surface area contributed by atoms with E-state index in [-0.39, 0.29) is 5.69 Å². The molecule has 7 heteroatoms. The van der Waals surface area contributed by atoms with Gasteiger partial charge in [-0.05, 0) is 49.4 Å². The highest BCUT2D eigenvalue weighted by Gasteiger charge is 2.23. The van der Waals surface area contributed by atoms with E-state index in [1.54, 1.807) is 0 Å². The molecule has 3 aromatic rings. The summed E-state index contributed by atoms with van der Waals surface area (Å²) in [5.41, 5.74) is 2.77. The molecule has 31 heavy (non-hydrogen) atoms. The fourth-order valence-corrected chi connectivity index (χ4v) is 3.94. The van der Waals surface area contributed by atoms with Gasteiger partial charge in [-0.1, -0.05) is 31.0 Å². The summed E-state index contributed by atoms with van der Waals surface area (Å²) < 4.78 is 32.1. The Labute approximate surface area is 178 Å². The van der Waals surface area contributed by atoms with Crippen LogP contribution < -0.4 is 5.32 Å². The summed E-state index contributed by atoms with van der Waals surface area (Å²) >= 11 is 0. The molecular weight excluding hydrogens is 402 g/mol. The van der Waals surface area contributed by atoms with Crippen LogP contribution in [0.3, 0.4) is 0 Å². The van der Waals surface area contributed by atoms with Crippen LogP contribution in [-0.2, 0) is 22.4 Å². The standard InChI is InChI=1S/C24H22F2N2O3/c25-15-11-12-21(18(26)13-15)28-22(29)14-31-24(30)23-16-7-3-1-2-4-9-19(16)27-20-10-6-5-8-17(20)23/h5-6,8,10-13H,1-4,7,9,14H2,(H,28,29). The van der Waals surface area contributed by atoms with E-state index in [4.69, 9.17) is 9.72 Å². The third-order valence-electron chi connectivity index (χ3n) is 5.41. The largest absolute Gasteiger partial charge is 0.452 e. The highest BCUT2D eigenvalue weighted by atomic mass is 19.1. The molecule has 0 radical (unpaired) electrons. The lowest BCUT2D eigenvalue weighted by Crippen LogP contribution is -2.22. The zero-order chi connectivity index (χ0) is 21.8. The van der Waals surface area contributed by atoms with Crippen molar-refractivity contribution in [1.29, 1.82) is 0 Å². The normalized spacial score (nSPS) is 13.7. The molecule has 1 aliphatic rings. The van der Waals surface area contributed by atoms with E-state index in [2.05, 4.69) is 5.32 Å². The number of benzene rings is 2. The molecule has 1 heterocycles. The molecule has 2 aromatic carbocycles. The number of pyridine rings is 1. The van der Waals surface area contributed by atoms with E-state index in [1.807, 2.05) is 24.3 Å². The number of anilines is 1. The molecule has 0 aliphatic heterocycles. The van der Waals surface area contributed by atoms with Gasteiger partial charge in [0.15, 0.2) is 6.61 Å². The molecule has 0 saturated heterocycles. The van der Waals surface area contributed by atoms with Gasteiger partial charge >= 0.3 is 5.97 Å². The Kier molecular flexibility index (Phi) is 6.21. The smallest absolute Gasteiger partial charge is 0.339 e. The molecule has 1 amide bonds. The first-order valence-electron chi connectivity index (χ1n) is 10.4. The SMILES string of the molecule is O=C(COC(=O)c1c2c(nc3ccccc13)CCCCCC2)Nc1ccc(F)cc1F. The first-order chi connectivity index (χ1) is 15.0. The van der Waals surface area contributed by atoms with Crippen molar-refractivity contribution in [3.05, 3.63) is 70.9 Å². The number of hydrogen-bond donors (Lipinski definition) is 1. The van der Waals surface area contributed by atoms with E-state index in [1.165, 1.54) is 0 Å². The van der Waals surface area contributed by atoms with Crippen molar-refractivity contribution in [3.63, 3.8) is 0 Å². The molecule has 0 unspecified atom stereocenters. The predicted octanol–water partition coefficient (Wildman–Crippen LogP) is 4.97. The van der Waals surface area contributed by atoms with Gasteiger partial charge in [0, 0.05) is 17.1 Å². The summed E-state index contributed by atoms with van der Waals surface area (Å²) in [6, 6.07) is 10.2. The molecule has 0 atom stereocenters. The first-order valence-corrected chi connectivity index (χ1v) is 10.4. The third-order valence-corrected chi connectivity index (χ3v) is 5.41. The topological polar surface area (TPSA) is 68.3 Å². The number of carbonyl (C=O) groups excluding carboxylic acids is 2. The molecule has 0 saturated carbocycles. The molecule has 0 fully saturated rings. The van der Waals surface area contributed by atoms with Crippen LogP contribution in [0.15, 0.2) is 42.5 Å². The second kappa shape index (κ2) is 9.20. The lowest BCUT2D eigenvalue weighted by Gasteiger charge is -2.18. The van der Waals surface area contributed by atoms with E-state index >= 15 is 0 Å². The number of carbonyl (C=O) groups is 2. The van der Waals surface area contributed by atoms with Crippen molar-refractivity contribution in [1.82, 2.24) is 4.98 Å². The molecule has 5 nitrogen and oxygen atoms in total. The van der Waals surface area contributed by atoms with Crippen molar-refractivity contribution < 1.29 is 23.1 Å². The summed E-state index contributed by atoms with van der Waals surface area (Å²) in [4.78, 5) is 30.0. The minimum absolute atomic E-state index is 0.179. The van der Waals surface area contributed by atoms with Gasteiger partial charge in [-0.25, -0.2) is 13.6 Å². The van der Waals surface area contributed by atoms with Crippen LogP contribution in [-0.4, -0.2) is 23.5 Å². The lowest BCUT2D eigenvalue weighted by atomic mass is 9.91. The number of amides is 1. The van der Waals surface area contributed by atoms with Gasteiger partial charge in [0.05, 0.1) is 16.8 Å². The van der Waals surface area contributed by atoms with Crippen molar-refractivity contribution in [2.45, 2.75) is 38.5 Å². The number of aryl methyl sites for hydroxylation is 1. The molecule has 0 spiro atoms. The minimum Gasteiger partial charge on any atom is -0.452 e. The molecular formula is C24H22F2N2O3. The van der Waals surface area contributed by atoms with E-state index in [9.17, 15) is 18.4 Å². The van der Waals surface area contributed by atoms with Crippen LogP contribution in [0.4, 0.5) is 14.5 Å². The van der Waals surface area contributed by atoms with Crippen LogP contribution >= 0.6 is 0 Å². The molecule has 4 rings (SSSR count). The van der Waals surface area contributed by atoms with Gasteiger partial charge in [0.25, 0.3) is 5.91 Å². The third kappa shape index (κ3) is 4.71. The van der Waals surface area contributed by atoms with Gasteiger partial charge in [0.2, 0.25) is 0 Å². The van der Waals surface area contributed by atoms with Crippen LogP contribution in [0.25, 0.3) is 10.9 Å². The monoisotopic (exact) mass is 424 g/mol. The molecule has 160 valence electrons. The van der Waals surface area contributed by atoms with Gasteiger partial charge in [-0.2, -0.15) is 0 Å². The number of halogens is 2. The fourth-order valence-electron chi connectivity index (χ4n) is 3.94. The molecule has 1 N–H and O–H groups in total. The Hall–Kier alpha value is -3.35. The Morgan fingerprint density at radius 3 is 2.58 bits per heavy atom. The highest BCUT2D eigenvalue weighted by molar-refractivity contribution is 6.06. The average Bonchev–Trinajstić information content (AvgIpc) is 2.74. The lowest BCUT2D eigenvalue weighted by molar-refractivity contribution is -0.119. The van der Waals surface area contributed by atoms with E-state index in [0.717, 1.165) is 61.9 Å². The molecule has 1 aliphatic carbocycles. The van der Waals surface area contributed by atoms with Crippen LogP contribution in [0.1, 0.15) is 47.3 Å². The van der Waals surface area contributed by atoms with E-state index < -0.39 is 30.1 Å². The summed E-state index contributed by atoms with van der Waals surface area (Å²) in [5.74, 6) is -2.96. The summed E-state index contributed by atoms with van der Waals surface area (Å²) in [7, 11) is 0. The maximum absolute atomic E-state index is 13.7. The van der Waals surface area contributed by atoms with Crippen molar-refractivity contribution in [3.8, 4) is 0 Å². The maximum atomic E-state index is 13.7. The van der Waals surface area contributed by atoms with Crippen LogP contribution in [0.2, 0.25) is 0 Å². The predicted molar refractivity (Wildman–Crippen MR) is 113 cm³/mol. The number of nitrogens with one attached hydrogen (secondary N) is 1. The summed E-state index contributed by atoms with van der Waals surface area (Å²) in [6.45, 7) is -0.582. The van der Waals surface area contributed by atoms with Crippen molar-refractivity contribution in [2.24, 2.45) is 0 Å². The van der Waals surface area contributed by atoms with E-state index in [0.29, 0.717) is 22.5 Å². The maximum Gasteiger partial charge on any atom is 0.339 e. The number of fused-ring (bicyclic) bond motifs is 2. The van der Waals surface area contributed by atoms with Gasteiger partial charge in [-0.15, -0.1) is 0 Å².